The fourth-order valence-electron chi connectivity index (χ4n) is 2.83. The first kappa shape index (κ1) is 19.1. The molecule has 5 nitrogen and oxygen atoms in total. The number of fused-ring (bicyclic) bond motifs is 1. The van der Waals surface area contributed by atoms with E-state index in [1.165, 1.54) is 15.9 Å². The van der Waals surface area contributed by atoms with Crippen molar-refractivity contribution in [3.63, 3.8) is 0 Å². The summed E-state index contributed by atoms with van der Waals surface area (Å²) >= 11 is 1.34. The van der Waals surface area contributed by atoms with Crippen LogP contribution >= 0.6 is 11.3 Å². The molecule has 2 aromatic heterocycles. The minimum absolute atomic E-state index is 0.158. The summed E-state index contributed by atoms with van der Waals surface area (Å²) in [6.45, 7) is 2.83. The lowest BCUT2D eigenvalue weighted by Gasteiger charge is -2.05. The van der Waals surface area contributed by atoms with Gasteiger partial charge in [0.15, 0.2) is 5.82 Å². The van der Waals surface area contributed by atoms with Crippen molar-refractivity contribution in [3.05, 3.63) is 86.4 Å². The molecular formula is C23H21N3O2S. The third-order valence-electron chi connectivity index (χ3n) is 4.35. The zero-order valence-electron chi connectivity index (χ0n) is 16.1. The highest BCUT2D eigenvalue weighted by molar-refractivity contribution is 7.15. The number of ether oxygens (including phenoxy) is 1. The summed E-state index contributed by atoms with van der Waals surface area (Å²) in [5.74, 6) is 1.34. The van der Waals surface area contributed by atoms with Crippen molar-refractivity contribution in [3.8, 4) is 5.75 Å². The van der Waals surface area contributed by atoms with E-state index in [-0.39, 0.29) is 5.56 Å². The highest BCUT2D eigenvalue weighted by Crippen LogP contribution is 2.15. The maximum atomic E-state index is 12.7. The maximum absolute atomic E-state index is 12.7. The van der Waals surface area contributed by atoms with Crippen LogP contribution in [0.5, 0.6) is 5.75 Å². The molecule has 0 aliphatic carbocycles. The zero-order valence-corrected chi connectivity index (χ0v) is 16.9. The smallest absolute Gasteiger partial charge is 0.291 e. The van der Waals surface area contributed by atoms with Gasteiger partial charge in [0, 0.05) is 0 Å². The number of hydrogen-bond acceptors (Lipinski definition) is 5. The summed E-state index contributed by atoms with van der Waals surface area (Å²) in [4.78, 5) is 17.7. The van der Waals surface area contributed by atoms with Crippen molar-refractivity contribution in [2.24, 2.45) is 0 Å². The molecule has 0 radical (unpaired) electrons. The Morgan fingerprint density at radius 3 is 2.69 bits per heavy atom. The fraction of sp³-hybridized carbons (Fsp3) is 0.174. The van der Waals surface area contributed by atoms with E-state index in [1.54, 1.807) is 0 Å². The number of hydrogen-bond donors (Lipinski definition) is 0. The van der Waals surface area contributed by atoms with Gasteiger partial charge in [-0.15, -0.1) is 5.10 Å². The number of aromatic nitrogens is 3. The van der Waals surface area contributed by atoms with Crippen LogP contribution in [-0.2, 0) is 0 Å². The molecule has 29 heavy (non-hydrogen) atoms. The molecule has 4 aromatic rings. The van der Waals surface area contributed by atoms with Gasteiger partial charge >= 0.3 is 0 Å². The Bertz CT molecular complexity index is 1240. The van der Waals surface area contributed by atoms with Crippen molar-refractivity contribution in [2.75, 3.05) is 6.61 Å². The molecule has 0 saturated heterocycles. The molecule has 0 atom stereocenters. The predicted octanol–water partition coefficient (Wildman–Crippen LogP) is 4.05. The van der Waals surface area contributed by atoms with E-state index in [1.807, 2.05) is 72.8 Å². The fourth-order valence-corrected chi connectivity index (χ4v) is 3.75. The quantitative estimate of drug-likeness (QED) is 0.437. The Labute approximate surface area is 172 Å². The van der Waals surface area contributed by atoms with Crippen molar-refractivity contribution < 1.29 is 4.74 Å². The van der Waals surface area contributed by atoms with Gasteiger partial charge in [-0.1, -0.05) is 73.2 Å². The summed E-state index contributed by atoms with van der Waals surface area (Å²) < 4.78 is 7.71. The summed E-state index contributed by atoms with van der Waals surface area (Å²) in [5.41, 5.74) is 1.82. The molecule has 2 aromatic carbocycles. The van der Waals surface area contributed by atoms with Gasteiger partial charge in [0.2, 0.25) is 4.96 Å². The molecule has 0 aliphatic rings. The van der Waals surface area contributed by atoms with Crippen LogP contribution in [0.2, 0.25) is 0 Å². The molecule has 0 bridgehead atoms. The number of rotatable bonds is 7. The minimum atomic E-state index is -0.158. The van der Waals surface area contributed by atoms with Gasteiger partial charge in [0.1, 0.15) is 5.75 Å². The van der Waals surface area contributed by atoms with E-state index in [2.05, 4.69) is 17.0 Å². The Morgan fingerprint density at radius 1 is 1.07 bits per heavy atom. The lowest BCUT2D eigenvalue weighted by Crippen LogP contribution is -2.23. The second kappa shape index (κ2) is 8.84. The number of thiazole rings is 1. The molecule has 6 heteroatoms. The molecule has 0 spiro atoms. The van der Waals surface area contributed by atoms with Crippen LogP contribution in [0.3, 0.4) is 0 Å². The summed E-state index contributed by atoms with van der Waals surface area (Å²) in [5, 5.41) is 4.33. The van der Waals surface area contributed by atoms with E-state index in [4.69, 9.17) is 4.74 Å². The van der Waals surface area contributed by atoms with Crippen molar-refractivity contribution >= 4 is 34.5 Å². The third kappa shape index (κ3) is 4.60. The highest BCUT2D eigenvalue weighted by Gasteiger charge is 2.09. The van der Waals surface area contributed by atoms with Gasteiger partial charge in [0.05, 0.1) is 11.1 Å². The predicted molar refractivity (Wildman–Crippen MR) is 118 cm³/mol. The molecule has 146 valence electrons. The average Bonchev–Trinajstić information content (AvgIpc) is 3.27. The molecule has 0 unspecified atom stereocenters. The van der Waals surface area contributed by atoms with Gasteiger partial charge in [-0.2, -0.15) is 9.50 Å². The van der Waals surface area contributed by atoms with Crippen molar-refractivity contribution in [1.82, 2.24) is 14.6 Å². The molecule has 2 heterocycles. The van der Waals surface area contributed by atoms with Crippen molar-refractivity contribution in [2.45, 2.75) is 19.8 Å². The molecule has 0 N–H and O–H groups in total. The highest BCUT2D eigenvalue weighted by atomic mass is 32.1. The molecule has 0 amide bonds. The summed E-state index contributed by atoms with van der Waals surface area (Å²) in [6.07, 6.45) is 7.72. The second-order valence-corrected chi connectivity index (χ2v) is 7.61. The van der Waals surface area contributed by atoms with Crippen LogP contribution in [0, 0.1) is 0 Å². The second-order valence-electron chi connectivity index (χ2n) is 6.60. The van der Waals surface area contributed by atoms with Gasteiger partial charge in [-0.25, -0.2) is 0 Å². The SMILES string of the molecule is CCCCOc1cccc(/C=c2\sc3nc(/C=C/c4ccccc4)nn3c2=O)c1. The Kier molecular flexibility index (Phi) is 5.81. The molecule has 4 rings (SSSR count). The Hall–Kier alpha value is -3.25. The van der Waals surface area contributed by atoms with E-state index < -0.39 is 0 Å². The monoisotopic (exact) mass is 403 g/mol. The van der Waals surface area contributed by atoms with Gasteiger partial charge < -0.3 is 4.74 Å². The van der Waals surface area contributed by atoms with Gasteiger partial charge in [-0.05, 0) is 41.8 Å². The van der Waals surface area contributed by atoms with Crippen LogP contribution in [-0.4, -0.2) is 21.2 Å². The largest absolute Gasteiger partial charge is 0.494 e. The van der Waals surface area contributed by atoms with Crippen LogP contribution < -0.4 is 14.8 Å². The third-order valence-corrected chi connectivity index (χ3v) is 5.30. The lowest BCUT2D eigenvalue weighted by atomic mass is 10.2. The van der Waals surface area contributed by atoms with E-state index >= 15 is 0 Å². The summed E-state index contributed by atoms with van der Waals surface area (Å²) in [6, 6.07) is 17.7. The molecular weight excluding hydrogens is 382 g/mol. The molecule has 0 aliphatic heterocycles. The molecule has 0 saturated carbocycles. The number of benzene rings is 2. The lowest BCUT2D eigenvalue weighted by molar-refractivity contribution is 0.309. The topological polar surface area (TPSA) is 56.5 Å². The average molecular weight is 404 g/mol. The van der Waals surface area contributed by atoms with E-state index in [0.29, 0.717) is 21.9 Å². The minimum Gasteiger partial charge on any atom is -0.494 e. The first-order valence-corrected chi connectivity index (χ1v) is 10.4. The Morgan fingerprint density at radius 2 is 1.90 bits per heavy atom. The Balaban J connectivity index is 1.58. The van der Waals surface area contributed by atoms with Gasteiger partial charge in [0.25, 0.3) is 5.56 Å². The first-order chi connectivity index (χ1) is 14.2. The standard InChI is InChI=1S/C23H21N3O2S/c1-2-3-14-28-19-11-7-10-18(15-19)16-20-22(27)26-23(29-20)24-21(25-26)13-12-17-8-5-4-6-9-17/h4-13,15-16H,2-3,14H2,1H3/b13-12+,20-16-. The van der Waals surface area contributed by atoms with Crippen LogP contribution in [0.4, 0.5) is 0 Å². The van der Waals surface area contributed by atoms with E-state index in [0.717, 1.165) is 29.7 Å². The maximum Gasteiger partial charge on any atom is 0.291 e. The zero-order chi connectivity index (χ0) is 20.1. The summed E-state index contributed by atoms with van der Waals surface area (Å²) in [7, 11) is 0. The normalized spacial score (nSPS) is 12.2. The number of nitrogens with zero attached hydrogens (tertiary/aromatic N) is 3. The van der Waals surface area contributed by atoms with Crippen LogP contribution in [0.25, 0.3) is 23.2 Å². The number of unbranched alkanes of at least 4 members (excludes halogenated alkanes) is 1. The molecule has 0 fully saturated rings. The van der Waals surface area contributed by atoms with E-state index in [9.17, 15) is 4.79 Å². The first-order valence-electron chi connectivity index (χ1n) is 9.60. The van der Waals surface area contributed by atoms with Gasteiger partial charge in [-0.3, -0.25) is 4.79 Å². The van der Waals surface area contributed by atoms with Crippen LogP contribution in [0.15, 0.2) is 59.4 Å². The van der Waals surface area contributed by atoms with Crippen LogP contribution in [0.1, 0.15) is 36.7 Å². The van der Waals surface area contributed by atoms with Crippen molar-refractivity contribution in [1.29, 1.82) is 0 Å².